The number of aryl methyl sites for hydroxylation is 2. The van der Waals surface area contributed by atoms with Crippen LogP contribution in [0.5, 0.6) is 11.5 Å². The molecule has 2 aromatic carbocycles. The van der Waals surface area contributed by atoms with E-state index in [4.69, 9.17) is 9.47 Å². The molecular weight excluding hydrogens is 290 g/mol. The van der Waals surface area contributed by atoms with Crippen molar-refractivity contribution >= 4 is 5.91 Å². The molecule has 0 saturated heterocycles. The van der Waals surface area contributed by atoms with Crippen molar-refractivity contribution in [3.8, 4) is 11.5 Å². The zero-order chi connectivity index (χ0) is 16.1. The van der Waals surface area contributed by atoms with Gasteiger partial charge in [-0.1, -0.05) is 42.0 Å². The molecule has 0 unspecified atom stereocenters. The zero-order valence-corrected chi connectivity index (χ0v) is 13.2. The number of rotatable bonds is 5. The van der Waals surface area contributed by atoms with Gasteiger partial charge in [-0.3, -0.25) is 4.79 Å². The second-order valence-corrected chi connectivity index (χ2v) is 5.74. The quantitative estimate of drug-likeness (QED) is 0.864. The summed E-state index contributed by atoms with van der Waals surface area (Å²) in [5, 5.41) is 2.92. The van der Waals surface area contributed by atoms with Crippen molar-refractivity contribution in [2.75, 3.05) is 13.2 Å². The third-order valence-electron chi connectivity index (χ3n) is 3.86. The molecule has 1 atom stereocenters. The SMILES string of the molecule is Cc1ccc(CCCNC(=O)[C@@H]2COc3ccccc3O2)cc1. The topological polar surface area (TPSA) is 47.6 Å². The largest absolute Gasteiger partial charge is 0.485 e. The third kappa shape index (κ3) is 4.03. The molecule has 0 aromatic heterocycles. The zero-order valence-electron chi connectivity index (χ0n) is 13.2. The summed E-state index contributed by atoms with van der Waals surface area (Å²) in [7, 11) is 0. The van der Waals surface area contributed by atoms with Gasteiger partial charge in [-0.15, -0.1) is 0 Å². The van der Waals surface area contributed by atoms with Crippen LogP contribution in [0, 0.1) is 6.92 Å². The van der Waals surface area contributed by atoms with E-state index in [1.807, 2.05) is 24.3 Å². The summed E-state index contributed by atoms with van der Waals surface area (Å²) in [5.41, 5.74) is 2.55. The van der Waals surface area contributed by atoms with Gasteiger partial charge in [0.05, 0.1) is 0 Å². The number of para-hydroxylation sites is 2. The molecule has 1 aliphatic rings. The Hall–Kier alpha value is -2.49. The summed E-state index contributed by atoms with van der Waals surface area (Å²) in [6.07, 6.45) is 1.27. The molecule has 23 heavy (non-hydrogen) atoms. The van der Waals surface area contributed by atoms with Crippen LogP contribution in [0.2, 0.25) is 0 Å². The summed E-state index contributed by atoms with van der Waals surface area (Å²) >= 11 is 0. The van der Waals surface area contributed by atoms with E-state index in [1.54, 1.807) is 0 Å². The predicted octanol–water partition coefficient (Wildman–Crippen LogP) is 2.88. The molecule has 4 nitrogen and oxygen atoms in total. The van der Waals surface area contributed by atoms with Crippen molar-refractivity contribution < 1.29 is 14.3 Å². The molecule has 0 bridgehead atoms. The lowest BCUT2D eigenvalue weighted by Crippen LogP contribution is -2.44. The van der Waals surface area contributed by atoms with Crippen molar-refractivity contribution in [1.29, 1.82) is 0 Å². The highest BCUT2D eigenvalue weighted by Crippen LogP contribution is 2.30. The Kier molecular flexibility index (Phi) is 4.81. The van der Waals surface area contributed by atoms with E-state index in [0.717, 1.165) is 12.8 Å². The fourth-order valence-corrected chi connectivity index (χ4v) is 2.52. The smallest absolute Gasteiger partial charge is 0.264 e. The Morgan fingerprint density at radius 1 is 1.13 bits per heavy atom. The molecule has 0 fully saturated rings. The lowest BCUT2D eigenvalue weighted by atomic mass is 10.1. The van der Waals surface area contributed by atoms with Gasteiger partial charge in [0, 0.05) is 6.54 Å². The first-order valence-corrected chi connectivity index (χ1v) is 7.94. The molecule has 1 amide bonds. The maximum atomic E-state index is 12.1. The highest BCUT2D eigenvalue weighted by atomic mass is 16.6. The second-order valence-electron chi connectivity index (χ2n) is 5.74. The van der Waals surface area contributed by atoms with Crippen molar-refractivity contribution in [2.24, 2.45) is 0 Å². The minimum absolute atomic E-state index is 0.122. The fraction of sp³-hybridized carbons (Fsp3) is 0.316. The molecule has 3 rings (SSSR count). The van der Waals surface area contributed by atoms with Crippen molar-refractivity contribution in [3.63, 3.8) is 0 Å². The molecule has 2 aromatic rings. The van der Waals surface area contributed by atoms with Crippen LogP contribution < -0.4 is 14.8 Å². The van der Waals surface area contributed by atoms with E-state index in [1.165, 1.54) is 11.1 Å². The number of ether oxygens (including phenoxy) is 2. The number of carbonyl (C=O) groups is 1. The standard InChI is InChI=1S/C19H21NO3/c1-14-8-10-15(11-9-14)5-4-12-20-19(21)18-13-22-16-6-2-3-7-17(16)23-18/h2-3,6-11,18H,4-5,12-13H2,1H3,(H,20,21)/t18-/m0/s1. The predicted molar refractivity (Wildman–Crippen MR) is 88.9 cm³/mol. The summed E-state index contributed by atoms with van der Waals surface area (Å²) in [6.45, 7) is 2.96. The van der Waals surface area contributed by atoms with Crippen LogP contribution >= 0.6 is 0 Å². The summed E-state index contributed by atoms with van der Waals surface area (Å²) in [4.78, 5) is 12.1. The Morgan fingerprint density at radius 2 is 1.87 bits per heavy atom. The summed E-state index contributed by atoms with van der Waals surface area (Å²) in [6, 6.07) is 15.9. The number of benzene rings is 2. The van der Waals surface area contributed by atoms with Crippen LogP contribution in [0.15, 0.2) is 48.5 Å². The molecule has 1 aliphatic heterocycles. The molecule has 0 radical (unpaired) electrons. The van der Waals surface area contributed by atoms with E-state index in [-0.39, 0.29) is 12.5 Å². The van der Waals surface area contributed by atoms with E-state index in [9.17, 15) is 4.79 Å². The van der Waals surface area contributed by atoms with Gasteiger partial charge in [0.1, 0.15) is 6.61 Å². The lowest BCUT2D eigenvalue weighted by molar-refractivity contribution is -0.130. The highest BCUT2D eigenvalue weighted by Gasteiger charge is 2.26. The van der Waals surface area contributed by atoms with Gasteiger partial charge in [-0.25, -0.2) is 0 Å². The van der Waals surface area contributed by atoms with Gasteiger partial charge in [-0.05, 0) is 37.5 Å². The van der Waals surface area contributed by atoms with Gasteiger partial charge < -0.3 is 14.8 Å². The number of fused-ring (bicyclic) bond motifs is 1. The lowest BCUT2D eigenvalue weighted by Gasteiger charge is -2.25. The van der Waals surface area contributed by atoms with Crippen molar-refractivity contribution in [1.82, 2.24) is 5.32 Å². The van der Waals surface area contributed by atoms with E-state index < -0.39 is 6.10 Å². The average Bonchev–Trinajstić information content (AvgIpc) is 2.59. The number of hydrogen-bond acceptors (Lipinski definition) is 3. The summed E-state index contributed by atoms with van der Waals surface area (Å²) < 4.78 is 11.2. The van der Waals surface area contributed by atoms with Gasteiger partial charge in [0.15, 0.2) is 11.5 Å². The molecule has 4 heteroatoms. The first kappa shape index (κ1) is 15.4. The van der Waals surface area contributed by atoms with Gasteiger partial charge in [-0.2, -0.15) is 0 Å². The van der Waals surface area contributed by atoms with E-state index in [0.29, 0.717) is 18.0 Å². The summed E-state index contributed by atoms with van der Waals surface area (Å²) in [5.74, 6) is 1.19. The van der Waals surface area contributed by atoms with Crippen LogP contribution in [-0.4, -0.2) is 25.2 Å². The number of carbonyl (C=O) groups excluding carboxylic acids is 1. The van der Waals surface area contributed by atoms with Crippen molar-refractivity contribution in [3.05, 3.63) is 59.7 Å². The van der Waals surface area contributed by atoms with Gasteiger partial charge >= 0.3 is 0 Å². The molecule has 1 heterocycles. The molecular formula is C19H21NO3. The van der Waals surface area contributed by atoms with Crippen LogP contribution in [0.1, 0.15) is 17.5 Å². The second kappa shape index (κ2) is 7.18. The minimum Gasteiger partial charge on any atom is -0.485 e. The average molecular weight is 311 g/mol. The first-order valence-electron chi connectivity index (χ1n) is 7.94. The molecule has 1 N–H and O–H groups in total. The molecule has 0 spiro atoms. The number of amides is 1. The van der Waals surface area contributed by atoms with E-state index in [2.05, 4.69) is 36.5 Å². The highest BCUT2D eigenvalue weighted by molar-refractivity contribution is 5.81. The third-order valence-corrected chi connectivity index (χ3v) is 3.86. The first-order chi connectivity index (χ1) is 11.2. The van der Waals surface area contributed by atoms with Crippen molar-refractivity contribution in [2.45, 2.75) is 25.9 Å². The van der Waals surface area contributed by atoms with Crippen LogP contribution in [-0.2, 0) is 11.2 Å². The Morgan fingerprint density at radius 3 is 2.65 bits per heavy atom. The molecule has 0 saturated carbocycles. The number of nitrogens with one attached hydrogen (secondary N) is 1. The number of hydrogen-bond donors (Lipinski definition) is 1. The Labute approximate surface area is 136 Å². The van der Waals surface area contributed by atoms with Crippen LogP contribution in [0.4, 0.5) is 0 Å². The Bertz CT molecular complexity index is 667. The van der Waals surface area contributed by atoms with Crippen LogP contribution in [0.3, 0.4) is 0 Å². The normalized spacial score (nSPS) is 16.0. The fourth-order valence-electron chi connectivity index (χ4n) is 2.52. The minimum atomic E-state index is -0.579. The van der Waals surface area contributed by atoms with E-state index >= 15 is 0 Å². The van der Waals surface area contributed by atoms with Crippen LogP contribution in [0.25, 0.3) is 0 Å². The maximum absolute atomic E-state index is 12.1. The molecule has 0 aliphatic carbocycles. The Balaban J connectivity index is 1.42. The maximum Gasteiger partial charge on any atom is 0.264 e. The van der Waals surface area contributed by atoms with Gasteiger partial charge in [0.25, 0.3) is 5.91 Å². The monoisotopic (exact) mass is 311 g/mol. The molecule has 120 valence electrons. The van der Waals surface area contributed by atoms with Gasteiger partial charge in [0.2, 0.25) is 6.10 Å².